The lowest BCUT2D eigenvalue weighted by atomic mass is 9.87. The van der Waals surface area contributed by atoms with Crippen molar-refractivity contribution < 1.29 is 15.0 Å². The molecule has 0 bridgehead atoms. The third-order valence-electron chi connectivity index (χ3n) is 5.22. The van der Waals surface area contributed by atoms with Crippen molar-refractivity contribution >= 4 is 5.91 Å². The van der Waals surface area contributed by atoms with E-state index in [0.717, 1.165) is 24.0 Å². The summed E-state index contributed by atoms with van der Waals surface area (Å²) >= 11 is 0. The molecule has 4 nitrogen and oxygen atoms in total. The zero-order valence-corrected chi connectivity index (χ0v) is 15.0. The van der Waals surface area contributed by atoms with E-state index in [-0.39, 0.29) is 35.8 Å². The summed E-state index contributed by atoms with van der Waals surface area (Å²) in [6.07, 6.45) is 7.22. The van der Waals surface area contributed by atoms with Crippen LogP contribution in [0.15, 0.2) is 48.5 Å². The van der Waals surface area contributed by atoms with Crippen LogP contribution in [-0.4, -0.2) is 22.2 Å². The Morgan fingerprint density at radius 2 is 1.62 bits per heavy atom. The van der Waals surface area contributed by atoms with Crippen molar-refractivity contribution in [1.29, 1.82) is 0 Å². The van der Waals surface area contributed by atoms with Gasteiger partial charge in [0.1, 0.15) is 11.5 Å². The fraction of sp³-hybridized carbons (Fsp3) is 0.409. The summed E-state index contributed by atoms with van der Waals surface area (Å²) in [7, 11) is 0. The van der Waals surface area contributed by atoms with E-state index in [1.54, 1.807) is 24.3 Å². The van der Waals surface area contributed by atoms with Gasteiger partial charge < -0.3 is 15.5 Å². The maximum Gasteiger partial charge on any atom is 0.221 e. The summed E-state index contributed by atoms with van der Waals surface area (Å²) in [6.45, 7) is 0. The first-order valence-corrected chi connectivity index (χ1v) is 9.49. The fourth-order valence-corrected chi connectivity index (χ4v) is 3.79. The van der Waals surface area contributed by atoms with Gasteiger partial charge in [0.2, 0.25) is 5.91 Å². The Hall–Kier alpha value is -2.49. The lowest BCUT2D eigenvalue weighted by Crippen LogP contribution is -2.35. The highest BCUT2D eigenvalue weighted by molar-refractivity contribution is 5.78. The quantitative estimate of drug-likeness (QED) is 0.695. The second kappa shape index (κ2) is 8.75. The number of aromatic hydroxyl groups is 2. The van der Waals surface area contributed by atoms with Crippen LogP contribution in [0.1, 0.15) is 62.0 Å². The number of hydrogen-bond acceptors (Lipinski definition) is 3. The van der Waals surface area contributed by atoms with Gasteiger partial charge in [-0.25, -0.2) is 0 Å². The van der Waals surface area contributed by atoms with Gasteiger partial charge in [-0.15, -0.1) is 0 Å². The van der Waals surface area contributed by atoms with E-state index < -0.39 is 0 Å². The van der Waals surface area contributed by atoms with Crippen LogP contribution >= 0.6 is 0 Å². The second-order valence-electron chi connectivity index (χ2n) is 7.16. The molecule has 3 N–H and O–H groups in total. The van der Waals surface area contributed by atoms with Gasteiger partial charge in [-0.2, -0.15) is 0 Å². The minimum Gasteiger partial charge on any atom is -0.508 e. The van der Waals surface area contributed by atoms with Crippen molar-refractivity contribution in [3.63, 3.8) is 0 Å². The molecular formula is C22H27NO3. The summed E-state index contributed by atoms with van der Waals surface area (Å²) in [6, 6.07) is 14.3. The molecule has 138 valence electrons. The number of amides is 1. The number of phenolic OH excluding ortho intramolecular Hbond substituents is 2. The summed E-state index contributed by atoms with van der Waals surface area (Å²) in [4.78, 5) is 12.7. The molecule has 0 radical (unpaired) electrons. The third kappa shape index (κ3) is 4.78. The molecule has 2 aromatic rings. The Labute approximate surface area is 154 Å². The Balaban J connectivity index is 1.78. The molecular weight excluding hydrogens is 326 g/mol. The second-order valence-corrected chi connectivity index (χ2v) is 7.16. The normalized spacial score (nSPS) is 16.6. The van der Waals surface area contributed by atoms with Crippen LogP contribution in [0.2, 0.25) is 0 Å². The van der Waals surface area contributed by atoms with Gasteiger partial charge in [-0.05, 0) is 36.6 Å². The Bertz CT molecular complexity index is 718. The number of carbonyl (C=O) groups excluding carboxylic acids is 1. The molecule has 0 saturated heterocycles. The molecule has 1 aliphatic carbocycles. The van der Waals surface area contributed by atoms with E-state index in [9.17, 15) is 15.0 Å². The molecule has 0 heterocycles. The van der Waals surface area contributed by atoms with Crippen LogP contribution in [-0.2, 0) is 4.79 Å². The average Bonchev–Trinajstić information content (AvgIpc) is 2.90. The molecule has 2 aromatic carbocycles. The van der Waals surface area contributed by atoms with Crippen molar-refractivity contribution in [2.45, 2.75) is 56.9 Å². The van der Waals surface area contributed by atoms with E-state index in [4.69, 9.17) is 0 Å². The molecule has 0 spiro atoms. The first kappa shape index (κ1) is 18.3. The predicted molar refractivity (Wildman–Crippen MR) is 102 cm³/mol. The highest BCUT2D eigenvalue weighted by Gasteiger charge is 2.23. The standard InChI is InChI=1S/C22H27NO3/c24-18-13-11-16(12-14-18)20(19-9-5-6-10-21(19)25)15-22(26)23-17-7-3-1-2-4-8-17/h5-6,9-14,17,20,24-25H,1-4,7-8,15H2,(H,23,26)/t20-/m1/s1. The predicted octanol–water partition coefficient (Wildman–Crippen LogP) is 4.46. The van der Waals surface area contributed by atoms with Crippen molar-refractivity contribution in [2.75, 3.05) is 0 Å². The fourth-order valence-electron chi connectivity index (χ4n) is 3.79. The lowest BCUT2D eigenvalue weighted by Gasteiger charge is -2.21. The van der Waals surface area contributed by atoms with E-state index in [0.29, 0.717) is 0 Å². The molecule has 26 heavy (non-hydrogen) atoms. The van der Waals surface area contributed by atoms with Crippen LogP contribution in [0.25, 0.3) is 0 Å². The largest absolute Gasteiger partial charge is 0.508 e. The van der Waals surface area contributed by atoms with Gasteiger partial charge in [-0.1, -0.05) is 56.0 Å². The van der Waals surface area contributed by atoms with Crippen LogP contribution in [0, 0.1) is 0 Å². The number of benzene rings is 2. The van der Waals surface area contributed by atoms with Gasteiger partial charge in [0.15, 0.2) is 0 Å². The highest BCUT2D eigenvalue weighted by Crippen LogP contribution is 2.34. The molecule has 3 rings (SSSR count). The van der Waals surface area contributed by atoms with E-state index in [1.807, 2.05) is 24.3 Å². The van der Waals surface area contributed by atoms with Crippen LogP contribution in [0.3, 0.4) is 0 Å². The smallest absolute Gasteiger partial charge is 0.221 e. The summed E-state index contributed by atoms with van der Waals surface area (Å²) < 4.78 is 0. The van der Waals surface area contributed by atoms with Crippen LogP contribution < -0.4 is 5.32 Å². The first-order chi connectivity index (χ1) is 12.6. The third-order valence-corrected chi connectivity index (χ3v) is 5.22. The number of nitrogens with one attached hydrogen (secondary N) is 1. The molecule has 1 atom stereocenters. The topological polar surface area (TPSA) is 69.6 Å². The van der Waals surface area contributed by atoms with Gasteiger partial charge in [0.05, 0.1) is 0 Å². The Kier molecular flexibility index (Phi) is 6.16. The molecule has 0 aromatic heterocycles. The zero-order valence-electron chi connectivity index (χ0n) is 15.0. The molecule has 0 aliphatic heterocycles. The maximum absolute atomic E-state index is 12.7. The van der Waals surface area contributed by atoms with Crippen LogP contribution in [0.4, 0.5) is 0 Å². The number of hydrogen-bond donors (Lipinski definition) is 3. The molecule has 1 amide bonds. The van der Waals surface area contributed by atoms with Crippen molar-refractivity contribution in [3.05, 3.63) is 59.7 Å². The summed E-state index contributed by atoms with van der Waals surface area (Å²) in [5, 5.41) is 23.0. The minimum absolute atomic E-state index is 0.0122. The lowest BCUT2D eigenvalue weighted by molar-refractivity contribution is -0.122. The zero-order chi connectivity index (χ0) is 18.4. The number of carbonyl (C=O) groups is 1. The number of rotatable bonds is 5. The molecule has 1 saturated carbocycles. The van der Waals surface area contributed by atoms with Crippen molar-refractivity contribution in [3.8, 4) is 11.5 Å². The van der Waals surface area contributed by atoms with Gasteiger partial charge in [-0.3, -0.25) is 4.79 Å². The van der Waals surface area contributed by atoms with Gasteiger partial charge >= 0.3 is 0 Å². The minimum atomic E-state index is -0.248. The van der Waals surface area contributed by atoms with E-state index in [2.05, 4.69) is 5.32 Å². The summed E-state index contributed by atoms with van der Waals surface area (Å²) in [5.74, 6) is 0.140. The number of para-hydroxylation sites is 1. The Morgan fingerprint density at radius 1 is 0.962 bits per heavy atom. The van der Waals surface area contributed by atoms with Gasteiger partial charge in [0.25, 0.3) is 0 Å². The van der Waals surface area contributed by atoms with Gasteiger partial charge in [0, 0.05) is 23.9 Å². The van der Waals surface area contributed by atoms with Crippen molar-refractivity contribution in [1.82, 2.24) is 5.32 Å². The monoisotopic (exact) mass is 353 g/mol. The molecule has 0 unspecified atom stereocenters. The molecule has 1 aliphatic rings. The van der Waals surface area contributed by atoms with Crippen LogP contribution in [0.5, 0.6) is 11.5 Å². The molecule has 4 heteroatoms. The van der Waals surface area contributed by atoms with E-state index in [1.165, 1.54) is 25.7 Å². The van der Waals surface area contributed by atoms with E-state index >= 15 is 0 Å². The highest BCUT2D eigenvalue weighted by atomic mass is 16.3. The average molecular weight is 353 g/mol. The SMILES string of the molecule is O=C(C[C@H](c1ccc(O)cc1)c1ccccc1O)NC1CCCCCC1. The number of phenols is 2. The maximum atomic E-state index is 12.7. The van der Waals surface area contributed by atoms with Crippen molar-refractivity contribution in [2.24, 2.45) is 0 Å². The Morgan fingerprint density at radius 3 is 2.27 bits per heavy atom. The molecule has 1 fully saturated rings. The first-order valence-electron chi connectivity index (χ1n) is 9.49. The summed E-state index contributed by atoms with van der Waals surface area (Å²) in [5.41, 5.74) is 1.63.